The molecule has 4 aromatic rings. The Morgan fingerprint density at radius 2 is 1.83 bits per heavy atom. The number of hydrogen-bond donors (Lipinski definition) is 0. The van der Waals surface area contributed by atoms with Crippen LogP contribution in [0.1, 0.15) is 15.2 Å². The molecule has 0 amide bonds. The van der Waals surface area contributed by atoms with Crippen LogP contribution in [-0.4, -0.2) is 10.4 Å². The van der Waals surface area contributed by atoms with Gasteiger partial charge in [0.1, 0.15) is 0 Å². The summed E-state index contributed by atoms with van der Waals surface area (Å²) in [6.07, 6.45) is 3.54. The van der Waals surface area contributed by atoms with Crippen molar-refractivity contribution in [2.45, 2.75) is 0 Å². The minimum absolute atomic E-state index is 0.0537. The molecular weight excluding hydrogens is 302 g/mol. The molecule has 0 aliphatic carbocycles. The van der Waals surface area contributed by atoms with E-state index in [0.717, 1.165) is 10.4 Å². The van der Waals surface area contributed by atoms with Crippen LogP contribution in [0, 0.1) is 0 Å². The first kappa shape index (κ1) is 14.0. The summed E-state index contributed by atoms with van der Waals surface area (Å²) in [5, 5.41) is 4.38. The van der Waals surface area contributed by atoms with Gasteiger partial charge in [-0.25, -0.2) is 0 Å². The molecule has 0 fully saturated rings. The number of aryl methyl sites for hydroxylation is 1. The number of ketones is 1. The van der Waals surface area contributed by atoms with Crippen molar-refractivity contribution < 1.29 is 4.79 Å². The number of fused-ring (bicyclic) bond motifs is 3. The van der Waals surface area contributed by atoms with Gasteiger partial charge in [0.15, 0.2) is 5.78 Å². The van der Waals surface area contributed by atoms with Crippen LogP contribution in [0.25, 0.3) is 27.9 Å². The first-order valence-electron chi connectivity index (χ1n) is 7.47. The third-order valence-electron chi connectivity index (χ3n) is 4.13. The van der Waals surface area contributed by atoms with E-state index < -0.39 is 0 Å². The van der Waals surface area contributed by atoms with E-state index in [1.165, 1.54) is 33.1 Å². The van der Waals surface area contributed by atoms with Crippen molar-refractivity contribution in [2.24, 2.45) is 7.05 Å². The second-order valence-electron chi connectivity index (χ2n) is 5.53. The molecule has 0 spiro atoms. The van der Waals surface area contributed by atoms with Crippen molar-refractivity contribution in [3.63, 3.8) is 0 Å². The van der Waals surface area contributed by atoms with Crippen molar-refractivity contribution in [1.29, 1.82) is 0 Å². The Morgan fingerprint density at radius 1 is 1.00 bits per heavy atom. The van der Waals surface area contributed by atoms with Gasteiger partial charge in [0, 0.05) is 28.9 Å². The minimum atomic E-state index is 0.0537. The third kappa shape index (κ3) is 2.39. The molecule has 0 aliphatic heterocycles. The van der Waals surface area contributed by atoms with E-state index in [9.17, 15) is 4.79 Å². The summed E-state index contributed by atoms with van der Waals surface area (Å²) in [5.74, 6) is 0.0537. The van der Waals surface area contributed by atoms with Gasteiger partial charge in [-0.3, -0.25) is 4.79 Å². The van der Waals surface area contributed by atoms with Crippen molar-refractivity contribution >= 4 is 45.0 Å². The van der Waals surface area contributed by atoms with E-state index in [2.05, 4.69) is 54.1 Å². The summed E-state index contributed by atoms with van der Waals surface area (Å²) in [5.41, 5.74) is 3.46. The number of aromatic nitrogens is 1. The summed E-state index contributed by atoms with van der Waals surface area (Å²) in [7, 11) is 2.08. The molecule has 4 rings (SSSR count). The first-order valence-corrected chi connectivity index (χ1v) is 8.35. The molecule has 2 heterocycles. The van der Waals surface area contributed by atoms with Crippen molar-refractivity contribution in [3.05, 3.63) is 76.5 Å². The van der Waals surface area contributed by atoms with E-state index in [1.807, 2.05) is 23.6 Å². The van der Waals surface area contributed by atoms with Gasteiger partial charge in [0.2, 0.25) is 0 Å². The SMILES string of the molecule is Cn1c2ccccc2c2cc(C=CC(=O)c3cccs3)ccc21. The lowest BCUT2D eigenvalue weighted by Gasteiger charge is -1.98. The van der Waals surface area contributed by atoms with Crippen LogP contribution in [0.3, 0.4) is 0 Å². The molecule has 0 bridgehead atoms. The number of benzene rings is 2. The van der Waals surface area contributed by atoms with Gasteiger partial charge in [-0.2, -0.15) is 0 Å². The number of allylic oxidation sites excluding steroid dienone is 1. The maximum atomic E-state index is 12.1. The molecule has 0 atom stereocenters. The largest absolute Gasteiger partial charge is 0.344 e. The molecule has 2 aromatic heterocycles. The van der Waals surface area contributed by atoms with Crippen LogP contribution < -0.4 is 0 Å². The summed E-state index contributed by atoms with van der Waals surface area (Å²) in [6.45, 7) is 0. The summed E-state index contributed by atoms with van der Waals surface area (Å²) < 4.78 is 2.20. The zero-order valence-electron chi connectivity index (χ0n) is 12.7. The summed E-state index contributed by atoms with van der Waals surface area (Å²) >= 11 is 1.47. The third-order valence-corrected chi connectivity index (χ3v) is 5.01. The Labute approximate surface area is 138 Å². The molecule has 0 aliphatic rings. The lowest BCUT2D eigenvalue weighted by molar-refractivity contribution is 0.105. The number of carbonyl (C=O) groups is 1. The van der Waals surface area contributed by atoms with Gasteiger partial charge >= 0.3 is 0 Å². The number of para-hydroxylation sites is 1. The fraction of sp³-hybridized carbons (Fsp3) is 0.0500. The van der Waals surface area contributed by atoms with Gasteiger partial charge in [-0.05, 0) is 41.3 Å². The molecule has 2 aromatic carbocycles. The zero-order valence-corrected chi connectivity index (χ0v) is 13.5. The molecular formula is C20H15NOS. The minimum Gasteiger partial charge on any atom is -0.344 e. The summed E-state index contributed by atoms with van der Waals surface area (Å²) in [4.78, 5) is 12.8. The predicted molar refractivity (Wildman–Crippen MR) is 98.1 cm³/mol. The summed E-state index contributed by atoms with van der Waals surface area (Å²) in [6, 6.07) is 18.5. The van der Waals surface area contributed by atoms with E-state index in [4.69, 9.17) is 0 Å². The van der Waals surface area contributed by atoms with Crippen LogP contribution in [0.2, 0.25) is 0 Å². The molecule has 0 unspecified atom stereocenters. The predicted octanol–water partition coefficient (Wildman–Crippen LogP) is 5.29. The average molecular weight is 317 g/mol. The topological polar surface area (TPSA) is 22.0 Å². The van der Waals surface area contributed by atoms with Crippen molar-refractivity contribution in [1.82, 2.24) is 4.57 Å². The van der Waals surface area contributed by atoms with Crippen LogP contribution in [0.15, 0.2) is 66.1 Å². The molecule has 3 heteroatoms. The molecule has 0 N–H and O–H groups in total. The van der Waals surface area contributed by atoms with Crippen LogP contribution in [0.5, 0.6) is 0 Å². The van der Waals surface area contributed by atoms with Gasteiger partial charge in [0.05, 0.1) is 4.88 Å². The highest BCUT2D eigenvalue weighted by atomic mass is 32.1. The molecule has 112 valence electrons. The fourth-order valence-corrected chi connectivity index (χ4v) is 3.61. The van der Waals surface area contributed by atoms with Crippen LogP contribution >= 0.6 is 11.3 Å². The lowest BCUT2D eigenvalue weighted by Crippen LogP contribution is -1.89. The van der Waals surface area contributed by atoms with E-state index in [0.29, 0.717) is 0 Å². The van der Waals surface area contributed by atoms with Gasteiger partial charge < -0.3 is 4.57 Å². The number of hydrogen-bond acceptors (Lipinski definition) is 2. The van der Waals surface area contributed by atoms with Gasteiger partial charge in [-0.1, -0.05) is 36.4 Å². The zero-order chi connectivity index (χ0) is 15.8. The van der Waals surface area contributed by atoms with Gasteiger partial charge in [-0.15, -0.1) is 11.3 Å². The van der Waals surface area contributed by atoms with Gasteiger partial charge in [0.25, 0.3) is 0 Å². The quantitative estimate of drug-likeness (QED) is 0.372. The number of thiophene rings is 1. The smallest absolute Gasteiger partial charge is 0.195 e. The Hall–Kier alpha value is -2.65. The molecule has 0 radical (unpaired) electrons. The van der Waals surface area contributed by atoms with Crippen LogP contribution in [0.4, 0.5) is 0 Å². The molecule has 0 saturated carbocycles. The molecule has 2 nitrogen and oxygen atoms in total. The lowest BCUT2D eigenvalue weighted by atomic mass is 10.1. The van der Waals surface area contributed by atoms with E-state index in [1.54, 1.807) is 6.08 Å². The molecule has 23 heavy (non-hydrogen) atoms. The van der Waals surface area contributed by atoms with Crippen molar-refractivity contribution in [3.8, 4) is 0 Å². The Balaban J connectivity index is 1.77. The second-order valence-corrected chi connectivity index (χ2v) is 6.48. The standard InChI is InChI=1S/C20H15NOS/c1-21-17-6-3-2-5-15(17)16-13-14(8-10-18(16)21)9-11-19(22)20-7-4-12-23-20/h2-13H,1H3. The Kier molecular flexibility index (Phi) is 3.36. The average Bonchev–Trinajstić information content (AvgIpc) is 3.21. The second kappa shape index (κ2) is 5.52. The first-order chi connectivity index (χ1) is 11.2. The van der Waals surface area contributed by atoms with E-state index >= 15 is 0 Å². The van der Waals surface area contributed by atoms with Crippen molar-refractivity contribution in [2.75, 3.05) is 0 Å². The Bertz CT molecular complexity index is 1040. The highest BCUT2D eigenvalue weighted by molar-refractivity contribution is 7.12. The number of rotatable bonds is 3. The highest BCUT2D eigenvalue weighted by Crippen LogP contribution is 2.29. The molecule has 0 saturated heterocycles. The maximum absolute atomic E-state index is 12.1. The maximum Gasteiger partial charge on any atom is 0.195 e. The number of carbonyl (C=O) groups excluding carboxylic acids is 1. The monoisotopic (exact) mass is 317 g/mol. The van der Waals surface area contributed by atoms with Crippen LogP contribution in [-0.2, 0) is 7.05 Å². The number of nitrogens with zero attached hydrogens (tertiary/aromatic N) is 1. The fourth-order valence-electron chi connectivity index (χ4n) is 2.96. The Morgan fingerprint density at radius 3 is 2.65 bits per heavy atom. The normalized spacial score (nSPS) is 11.7. The highest BCUT2D eigenvalue weighted by Gasteiger charge is 2.07. The van der Waals surface area contributed by atoms with E-state index in [-0.39, 0.29) is 5.78 Å².